The van der Waals surface area contributed by atoms with E-state index in [9.17, 15) is 0 Å². The molecule has 1 nitrogen and oxygen atoms in total. The van der Waals surface area contributed by atoms with Crippen molar-refractivity contribution < 1.29 is 4.42 Å². The van der Waals surface area contributed by atoms with Gasteiger partial charge in [-0.25, -0.2) is 0 Å². The van der Waals surface area contributed by atoms with Gasteiger partial charge in [0.2, 0.25) is 0 Å². The second kappa shape index (κ2) is 4.50. The van der Waals surface area contributed by atoms with Gasteiger partial charge in [-0.15, -0.1) is 0 Å². The predicted octanol–water partition coefficient (Wildman–Crippen LogP) is 3.80. The minimum Gasteiger partial charge on any atom is -0.466 e. The Balaban J connectivity index is 2.98. The molecule has 0 aliphatic rings. The van der Waals surface area contributed by atoms with E-state index >= 15 is 0 Å². The molecule has 0 aliphatic carbocycles. The molecule has 0 saturated carbocycles. The lowest BCUT2D eigenvalue weighted by atomic mass is 10.0. The Labute approximate surface area is 81.1 Å². The highest BCUT2D eigenvalue weighted by Crippen LogP contribution is 2.24. The van der Waals surface area contributed by atoms with Gasteiger partial charge in [-0.2, -0.15) is 0 Å². The smallest absolute Gasteiger partial charge is 0.104 e. The zero-order valence-corrected chi connectivity index (χ0v) is 9.24. The maximum absolute atomic E-state index is 5.65. The molecule has 1 aromatic heterocycles. The summed E-state index contributed by atoms with van der Waals surface area (Å²) in [4.78, 5) is 0. The summed E-state index contributed by atoms with van der Waals surface area (Å²) in [6, 6.07) is 0. The first-order valence-electron chi connectivity index (χ1n) is 5.28. The van der Waals surface area contributed by atoms with Crippen LogP contribution in [0.3, 0.4) is 0 Å². The molecule has 0 amide bonds. The van der Waals surface area contributed by atoms with Crippen LogP contribution in [0, 0.1) is 13.8 Å². The third kappa shape index (κ3) is 2.15. The second-order valence-corrected chi connectivity index (χ2v) is 3.67. The molecule has 0 aromatic carbocycles. The van der Waals surface area contributed by atoms with Crippen LogP contribution in [0.25, 0.3) is 0 Å². The van der Waals surface area contributed by atoms with Gasteiger partial charge in [0.25, 0.3) is 0 Å². The molecule has 0 unspecified atom stereocenters. The fourth-order valence-electron chi connectivity index (χ4n) is 1.93. The fourth-order valence-corrected chi connectivity index (χ4v) is 1.93. The lowest BCUT2D eigenvalue weighted by molar-refractivity contribution is 0.498. The van der Waals surface area contributed by atoms with Crippen molar-refractivity contribution in [3.63, 3.8) is 0 Å². The van der Waals surface area contributed by atoms with Crippen molar-refractivity contribution in [3.05, 3.63) is 22.6 Å². The Morgan fingerprint density at radius 3 is 1.54 bits per heavy atom. The monoisotopic (exact) mass is 180 g/mol. The summed E-state index contributed by atoms with van der Waals surface area (Å²) in [6.07, 6.45) is 4.74. The van der Waals surface area contributed by atoms with Crippen molar-refractivity contribution in [1.29, 1.82) is 0 Å². The number of hydrogen-bond acceptors (Lipinski definition) is 1. The zero-order valence-electron chi connectivity index (χ0n) is 9.24. The largest absolute Gasteiger partial charge is 0.466 e. The normalized spacial score (nSPS) is 10.8. The summed E-state index contributed by atoms with van der Waals surface area (Å²) < 4.78 is 5.65. The van der Waals surface area contributed by atoms with Gasteiger partial charge in [0.15, 0.2) is 0 Å². The minimum atomic E-state index is 1.13. The van der Waals surface area contributed by atoms with Gasteiger partial charge < -0.3 is 4.42 Å². The lowest BCUT2D eigenvalue weighted by Gasteiger charge is -2.01. The highest BCUT2D eigenvalue weighted by atomic mass is 16.3. The SMILES string of the molecule is CCCc1c(C)oc(C)c1CCC. The average molecular weight is 180 g/mol. The number of aryl methyl sites for hydroxylation is 2. The maximum atomic E-state index is 5.65. The van der Waals surface area contributed by atoms with Crippen LogP contribution >= 0.6 is 0 Å². The highest BCUT2D eigenvalue weighted by Gasteiger charge is 2.12. The second-order valence-electron chi connectivity index (χ2n) is 3.67. The van der Waals surface area contributed by atoms with Crippen molar-refractivity contribution in [2.45, 2.75) is 53.4 Å². The van der Waals surface area contributed by atoms with Crippen LogP contribution in [0.1, 0.15) is 49.3 Å². The van der Waals surface area contributed by atoms with Gasteiger partial charge in [-0.05, 0) is 37.8 Å². The molecule has 0 bridgehead atoms. The van der Waals surface area contributed by atoms with Crippen LogP contribution in [-0.2, 0) is 12.8 Å². The maximum Gasteiger partial charge on any atom is 0.104 e. The molecule has 0 aliphatic heterocycles. The molecular formula is C12H20O. The molecule has 0 spiro atoms. The van der Waals surface area contributed by atoms with Gasteiger partial charge in [0, 0.05) is 0 Å². The molecular weight excluding hydrogens is 160 g/mol. The Bertz CT molecular complexity index is 244. The van der Waals surface area contributed by atoms with E-state index in [1.165, 1.54) is 36.8 Å². The van der Waals surface area contributed by atoms with Crippen molar-refractivity contribution >= 4 is 0 Å². The van der Waals surface area contributed by atoms with Gasteiger partial charge >= 0.3 is 0 Å². The number of rotatable bonds is 4. The molecule has 1 heterocycles. The summed E-state index contributed by atoms with van der Waals surface area (Å²) in [5, 5.41) is 0. The molecule has 0 N–H and O–H groups in total. The topological polar surface area (TPSA) is 13.1 Å². The first kappa shape index (κ1) is 10.4. The Morgan fingerprint density at radius 2 is 1.23 bits per heavy atom. The van der Waals surface area contributed by atoms with Crippen molar-refractivity contribution in [3.8, 4) is 0 Å². The van der Waals surface area contributed by atoms with Crippen molar-refractivity contribution in [1.82, 2.24) is 0 Å². The summed E-state index contributed by atoms with van der Waals surface area (Å²) in [5.74, 6) is 2.26. The van der Waals surface area contributed by atoms with Crippen LogP contribution in [-0.4, -0.2) is 0 Å². The number of hydrogen-bond donors (Lipinski definition) is 0. The van der Waals surface area contributed by atoms with E-state index in [0.717, 1.165) is 11.5 Å². The molecule has 0 fully saturated rings. The Hall–Kier alpha value is -0.720. The van der Waals surface area contributed by atoms with Crippen molar-refractivity contribution in [2.75, 3.05) is 0 Å². The number of furan rings is 1. The van der Waals surface area contributed by atoms with Crippen LogP contribution in [0.2, 0.25) is 0 Å². The molecule has 0 saturated heterocycles. The lowest BCUT2D eigenvalue weighted by Crippen LogP contribution is -1.92. The molecule has 0 radical (unpaired) electrons. The summed E-state index contributed by atoms with van der Waals surface area (Å²) >= 11 is 0. The first-order chi connectivity index (χ1) is 6.20. The van der Waals surface area contributed by atoms with Gasteiger partial charge in [-0.3, -0.25) is 0 Å². The third-order valence-electron chi connectivity index (χ3n) is 2.52. The van der Waals surface area contributed by atoms with E-state index in [-0.39, 0.29) is 0 Å². The van der Waals surface area contributed by atoms with Crippen LogP contribution in [0.4, 0.5) is 0 Å². The van der Waals surface area contributed by atoms with E-state index in [1.54, 1.807) is 0 Å². The molecule has 1 rings (SSSR count). The molecule has 1 heteroatoms. The summed E-state index contributed by atoms with van der Waals surface area (Å²) in [7, 11) is 0. The molecule has 1 aromatic rings. The first-order valence-corrected chi connectivity index (χ1v) is 5.28. The standard InChI is InChI=1S/C12H20O/c1-5-7-11-9(3)13-10(4)12(11)8-6-2/h5-8H2,1-4H3. The van der Waals surface area contributed by atoms with Crippen LogP contribution in [0.15, 0.2) is 4.42 Å². The average Bonchev–Trinajstić information content (AvgIpc) is 2.33. The van der Waals surface area contributed by atoms with Gasteiger partial charge in [0.05, 0.1) is 0 Å². The summed E-state index contributed by atoms with van der Waals surface area (Å²) in [6.45, 7) is 8.60. The Morgan fingerprint density at radius 1 is 0.846 bits per heavy atom. The Kier molecular flexibility index (Phi) is 3.58. The van der Waals surface area contributed by atoms with E-state index < -0.39 is 0 Å². The fraction of sp³-hybridized carbons (Fsp3) is 0.667. The van der Waals surface area contributed by atoms with Crippen LogP contribution in [0.5, 0.6) is 0 Å². The van der Waals surface area contributed by atoms with E-state index in [1.807, 2.05) is 0 Å². The molecule has 13 heavy (non-hydrogen) atoms. The van der Waals surface area contributed by atoms with E-state index in [0.29, 0.717) is 0 Å². The van der Waals surface area contributed by atoms with Crippen molar-refractivity contribution in [2.24, 2.45) is 0 Å². The predicted molar refractivity (Wildman–Crippen MR) is 56.2 cm³/mol. The minimum absolute atomic E-state index is 1.13. The third-order valence-corrected chi connectivity index (χ3v) is 2.52. The quantitative estimate of drug-likeness (QED) is 0.687. The summed E-state index contributed by atoms with van der Waals surface area (Å²) in [5.41, 5.74) is 2.92. The molecule has 0 atom stereocenters. The van der Waals surface area contributed by atoms with Gasteiger partial charge in [-0.1, -0.05) is 26.7 Å². The molecule has 74 valence electrons. The highest BCUT2D eigenvalue weighted by molar-refractivity contribution is 5.32. The van der Waals surface area contributed by atoms with Gasteiger partial charge in [0.1, 0.15) is 11.5 Å². The van der Waals surface area contributed by atoms with E-state index in [4.69, 9.17) is 4.42 Å². The van der Waals surface area contributed by atoms with E-state index in [2.05, 4.69) is 27.7 Å². The zero-order chi connectivity index (χ0) is 9.84. The van der Waals surface area contributed by atoms with Crippen LogP contribution < -0.4 is 0 Å².